The van der Waals surface area contributed by atoms with Gasteiger partial charge in [-0.3, -0.25) is 4.99 Å². The third kappa shape index (κ3) is 3.14. The zero-order chi connectivity index (χ0) is 11.5. The van der Waals surface area contributed by atoms with E-state index in [1.54, 1.807) is 0 Å². The molecule has 0 amide bonds. The summed E-state index contributed by atoms with van der Waals surface area (Å²) in [5.41, 5.74) is 0. The first-order valence-electron chi connectivity index (χ1n) is 6.27. The molecule has 1 fully saturated rings. The fraction of sp³-hybridized carbons (Fsp3) is 0.917. The average molecular weight is 242 g/mol. The number of ether oxygens (including phenoxy) is 1. The van der Waals surface area contributed by atoms with Crippen molar-refractivity contribution in [1.82, 2.24) is 5.32 Å². The Morgan fingerprint density at radius 2 is 2.31 bits per heavy atom. The fourth-order valence-corrected chi connectivity index (χ4v) is 3.61. The summed E-state index contributed by atoms with van der Waals surface area (Å²) in [6, 6.07) is 0.835. The van der Waals surface area contributed by atoms with E-state index in [0.29, 0.717) is 23.4 Å². The maximum atomic E-state index is 5.68. The van der Waals surface area contributed by atoms with E-state index < -0.39 is 0 Å². The average Bonchev–Trinajstić information content (AvgIpc) is 2.68. The third-order valence-electron chi connectivity index (χ3n) is 3.20. The topological polar surface area (TPSA) is 33.6 Å². The van der Waals surface area contributed by atoms with Gasteiger partial charge in [0.1, 0.15) is 0 Å². The Hall–Kier alpha value is -0.220. The number of rotatable bonds is 2. The predicted octanol–water partition coefficient (Wildman–Crippen LogP) is 2.41. The van der Waals surface area contributed by atoms with Crippen LogP contribution in [0.3, 0.4) is 0 Å². The second-order valence-corrected chi connectivity index (χ2v) is 6.36. The molecule has 0 aromatic rings. The number of amidine groups is 1. The maximum absolute atomic E-state index is 5.68. The molecule has 1 saturated heterocycles. The first kappa shape index (κ1) is 12.2. The molecule has 2 aliphatic rings. The number of hydrogen-bond acceptors (Lipinski definition) is 4. The molecule has 0 radical (unpaired) electrons. The lowest BCUT2D eigenvalue weighted by atomic mass is 10.1. The summed E-state index contributed by atoms with van der Waals surface area (Å²) in [6.07, 6.45) is 3.93. The zero-order valence-electron chi connectivity index (χ0n) is 10.4. The monoisotopic (exact) mass is 242 g/mol. The molecule has 2 heterocycles. The van der Waals surface area contributed by atoms with E-state index in [1.165, 1.54) is 19.3 Å². The number of thioether (sulfide) groups is 1. The summed E-state index contributed by atoms with van der Waals surface area (Å²) in [7, 11) is 0. The standard InChI is InChI=1S/C12H22N2OS/c1-8-7-9(2)16-12(13-8)14-10(3)11-5-4-6-15-11/h8-11H,4-7H2,1-3H3,(H,13,14). The van der Waals surface area contributed by atoms with Crippen molar-refractivity contribution in [2.24, 2.45) is 4.99 Å². The lowest BCUT2D eigenvalue weighted by Crippen LogP contribution is -2.41. The highest BCUT2D eigenvalue weighted by molar-refractivity contribution is 8.14. The van der Waals surface area contributed by atoms with Gasteiger partial charge >= 0.3 is 0 Å². The van der Waals surface area contributed by atoms with Gasteiger partial charge in [0.25, 0.3) is 0 Å². The molecule has 0 saturated carbocycles. The summed E-state index contributed by atoms with van der Waals surface area (Å²) in [6.45, 7) is 7.58. The van der Waals surface area contributed by atoms with Crippen LogP contribution in [0.25, 0.3) is 0 Å². The first-order chi connectivity index (χ1) is 7.65. The summed E-state index contributed by atoms with van der Waals surface area (Å²) in [5, 5.41) is 5.29. The minimum atomic E-state index is 0.371. The van der Waals surface area contributed by atoms with Gasteiger partial charge in [0.05, 0.1) is 18.2 Å². The molecule has 4 unspecified atom stereocenters. The molecule has 0 aromatic heterocycles. The van der Waals surface area contributed by atoms with Gasteiger partial charge in [-0.2, -0.15) is 0 Å². The molecule has 0 spiro atoms. The minimum Gasteiger partial charge on any atom is -0.376 e. The molecule has 4 heteroatoms. The highest BCUT2D eigenvalue weighted by Crippen LogP contribution is 2.25. The lowest BCUT2D eigenvalue weighted by Gasteiger charge is -2.27. The van der Waals surface area contributed by atoms with Gasteiger partial charge in [0, 0.05) is 11.9 Å². The van der Waals surface area contributed by atoms with Crippen LogP contribution in [0.1, 0.15) is 40.0 Å². The Bertz CT molecular complexity index is 264. The molecular weight excluding hydrogens is 220 g/mol. The van der Waals surface area contributed by atoms with Gasteiger partial charge in [-0.05, 0) is 33.1 Å². The number of nitrogens with one attached hydrogen (secondary N) is 1. The number of hydrogen-bond donors (Lipinski definition) is 1. The SMILES string of the molecule is CC1CC(C)SC(NC(C)C2CCCO2)=N1. The van der Waals surface area contributed by atoms with E-state index in [0.717, 1.165) is 11.8 Å². The number of aliphatic imine (C=N–C) groups is 1. The van der Waals surface area contributed by atoms with Crippen molar-refractivity contribution in [1.29, 1.82) is 0 Å². The van der Waals surface area contributed by atoms with Crippen molar-refractivity contribution in [2.75, 3.05) is 6.61 Å². The molecule has 3 nitrogen and oxygen atoms in total. The molecule has 0 bridgehead atoms. The van der Waals surface area contributed by atoms with E-state index in [9.17, 15) is 0 Å². The predicted molar refractivity (Wildman–Crippen MR) is 70.1 cm³/mol. The van der Waals surface area contributed by atoms with Crippen molar-refractivity contribution in [3.8, 4) is 0 Å². The lowest BCUT2D eigenvalue weighted by molar-refractivity contribution is 0.0895. The fourth-order valence-electron chi connectivity index (χ4n) is 2.36. The van der Waals surface area contributed by atoms with Crippen LogP contribution in [0.15, 0.2) is 4.99 Å². The summed E-state index contributed by atoms with van der Waals surface area (Å²) in [5.74, 6) is 0. The van der Waals surface area contributed by atoms with Crippen molar-refractivity contribution >= 4 is 16.9 Å². The molecule has 0 aliphatic carbocycles. The molecule has 2 aliphatic heterocycles. The molecule has 0 aromatic carbocycles. The highest BCUT2D eigenvalue weighted by atomic mass is 32.2. The van der Waals surface area contributed by atoms with Gasteiger partial charge in [-0.25, -0.2) is 0 Å². The minimum absolute atomic E-state index is 0.371. The second kappa shape index (κ2) is 5.41. The molecule has 2 rings (SSSR count). The first-order valence-corrected chi connectivity index (χ1v) is 7.15. The van der Waals surface area contributed by atoms with Crippen molar-refractivity contribution in [3.05, 3.63) is 0 Å². The van der Waals surface area contributed by atoms with Crippen LogP contribution < -0.4 is 5.32 Å². The molecule has 1 N–H and O–H groups in total. The molecule has 4 atom stereocenters. The normalized spacial score (nSPS) is 36.9. The second-order valence-electron chi connectivity index (χ2n) is 4.93. The van der Waals surface area contributed by atoms with Gasteiger partial charge in [-0.15, -0.1) is 0 Å². The van der Waals surface area contributed by atoms with Gasteiger partial charge in [0.15, 0.2) is 5.17 Å². The van der Waals surface area contributed by atoms with Crippen molar-refractivity contribution < 1.29 is 4.74 Å². The van der Waals surface area contributed by atoms with E-state index in [4.69, 9.17) is 4.74 Å². The molecule has 92 valence electrons. The summed E-state index contributed by atoms with van der Waals surface area (Å²) < 4.78 is 5.68. The Kier molecular flexibility index (Phi) is 4.14. The Morgan fingerprint density at radius 1 is 1.50 bits per heavy atom. The van der Waals surface area contributed by atoms with Crippen LogP contribution in [0.2, 0.25) is 0 Å². The highest BCUT2D eigenvalue weighted by Gasteiger charge is 2.25. The van der Waals surface area contributed by atoms with Crippen LogP contribution in [0.4, 0.5) is 0 Å². The summed E-state index contributed by atoms with van der Waals surface area (Å²) >= 11 is 1.86. The van der Waals surface area contributed by atoms with E-state index in [1.807, 2.05) is 11.8 Å². The Balaban J connectivity index is 1.88. The smallest absolute Gasteiger partial charge is 0.157 e. The molecule has 16 heavy (non-hydrogen) atoms. The maximum Gasteiger partial charge on any atom is 0.157 e. The van der Waals surface area contributed by atoms with Gasteiger partial charge in [-0.1, -0.05) is 18.7 Å². The van der Waals surface area contributed by atoms with E-state index in [2.05, 4.69) is 31.1 Å². The van der Waals surface area contributed by atoms with Crippen LogP contribution in [0.5, 0.6) is 0 Å². The van der Waals surface area contributed by atoms with Crippen LogP contribution in [0, 0.1) is 0 Å². The summed E-state index contributed by atoms with van der Waals surface area (Å²) in [4.78, 5) is 4.66. The van der Waals surface area contributed by atoms with Gasteiger partial charge < -0.3 is 10.1 Å². The van der Waals surface area contributed by atoms with E-state index >= 15 is 0 Å². The van der Waals surface area contributed by atoms with Crippen LogP contribution in [-0.2, 0) is 4.74 Å². The van der Waals surface area contributed by atoms with Crippen molar-refractivity contribution in [3.63, 3.8) is 0 Å². The van der Waals surface area contributed by atoms with Crippen molar-refractivity contribution in [2.45, 2.75) is 63.5 Å². The molecular formula is C12H22N2OS. The largest absolute Gasteiger partial charge is 0.376 e. The Morgan fingerprint density at radius 3 is 2.94 bits per heavy atom. The van der Waals surface area contributed by atoms with Crippen LogP contribution in [-0.4, -0.2) is 35.2 Å². The zero-order valence-corrected chi connectivity index (χ0v) is 11.2. The quantitative estimate of drug-likeness (QED) is 0.807. The van der Waals surface area contributed by atoms with Gasteiger partial charge in [0.2, 0.25) is 0 Å². The third-order valence-corrected chi connectivity index (χ3v) is 4.24. The van der Waals surface area contributed by atoms with E-state index in [-0.39, 0.29) is 0 Å². The van der Waals surface area contributed by atoms with Crippen LogP contribution >= 0.6 is 11.8 Å². The number of nitrogens with zero attached hydrogens (tertiary/aromatic N) is 1. The Labute approximate surface area is 102 Å².